The topological polar surface area (TPSA) is 73.1 Å². The van der Waals surface area contributed by atoms with Gasteiger partial charge >= 0.3 is 5.91 Å². The Hall–Kier alpha value is -2.28. The first-order valence-electron chi connectivity index (χ1n) is 4.88. The normalized spacial score (nSPS) is 17.6. The average molecular weight is 254 g/mol. The molecule has 0 atom stereocenters. The SMILES string of the molecule is CC1=NC(=Cc2cc(F)c(O)c(F)c2)C(=O)N1O. The molecule has 7 heteroatoms. The van der Waals surface area contributed by atoms with Crippen molar-refractivity contribution in [1.82, 2.24) is 5.06 Å². The summed E-state index contributed by atoms with van der Waals surface area (Å²) in [6.45, 7) is 1.40. The van der Waals surface area contributed by atoms with Gasteiger partial charge in [0.25, 0.3) is 0 Å². The fourth-order valence-corrected chi connectivity index (χ4v) is 1.45. The Balaban J connectivity index is 2.44. The van der Waals surface area contributed by atoms with Crippen molar-refractivity contribution in [1.29, 1.82) is 0 Å². The molecule has 2 N–H and O–H groups in total. The van der Waals surface area contributed by atoms with Crippen LogP contribution in [0.4, 0.5) is 8.78 Å². The zero-order chi connectivity index (χ0) is 13.4. The Morgan fingerprint density at radius 2 is 1.89 bits per heavy atom. The minimum atomic E-state index is -1.14. The lowest BCUT2D eigenvalue weighted by Crippen LogP contribution is -2.26. The van der Waals surface area contributed by atoms with Crippen LogP contribution in [0.5, 0.6) is 5.75 Å². The number of amides is 1. The Morgan fingerprint density at radius 1 is 1.33 bits per heavy atom. The number of benzene rings is 1. The molecule has 1 aliphatic heterocycles. The van der Waals surface area contributed by atoms with Gasteiger partial charge < -0.3 is 5.11 Å². The molecule has 1 aromatic rings. The van der Waals surface area contributed by atoms with Crippen LogP contribution in [0, 0.1) is 11.6 Å². The van der Waals surface area contributed by atoms with Crippen LogP contribution >= 0.6 is 0 Å². The molecule has 0 radical (unpaired) electrons. The molecule has 1 aromatic carbocycles. The predicted octanol–water partition coefficient (Wildman–Crippen LogP) is 1.66. The third-order valence-electron chi connectivity index (χ3n) is 2.34. The molecule has 1 aliphatic rings. The van der Waals surface area contributed by atoms with Crippen molar-refractivity contribution in [2.24, 2.45) is 4.99 Å². The molecular weight excluding hydrogens is 246 g/mol. The molecule has 0 saturated carbocycles. The zero-order valence-corrected chi connectivity index (χ0v) is 9.19. The van der Waals surface area contributed by atoms with Gasteiger partial charge in [-0.05, 0) is 30.7 Å². The number of phenolic OH excluding ortho intramolecular Hbond substituents is 1. The lowest BCUT2D eigenvalue weighted by molar-refractivity contribution is -0.142. The maximum Gasteiger partial charge on any atom is 0.301 e. The molecule has 1 amide bonds. The monoisotopic (exact) mass is 254 g/mol. The lowest BCUT2D eigenvalue weighted by atomic mass is 10.1. The molecule has 1 heterocycles. The minimum Gasteiger partial charge on any atom is -0.503 e. The van der Waals surface area contributed by atoms with E-state index in [0.29, 0.717) is 5.06 Å². The van der Waals surface area contributed by atoms with Gasteiger partial charge in [0.15, 0.2) is 17.4 Å². The third kappa shape index (κ3) is 1.95. The number of nitrogens with zero attached hydrogens (tertiary/aromatic N) is 2. The van der Waals surface area contributed by atoms with E-state index in [0.717, 1.165) is 18.2 Å². The first-order valence-corrected chi connectivity index (χ1v) is 4.88. The van der Waals surface area contributed by atoms with E-state index >= 15 is 0 Å². The summed E-state index contributed by atoms with van der Waals surface area (Å²) >= 11 is 0. The van der Waals surface area contributed by atoms with Crippen LogP contribution in [-0.2, 0) is 4.79 Å². The average Bonchev–Trinajstić information content (AvgIpc) is 2.54. The summed E-state index contributed by atoms with van der Waals surface area (Å²) in [4.78, 5) is 15.1. The highest BCUT2D eigenvalue weighted by Gasteiger charge is 2.26. The van der Waals surface area contributed by atoms with Crippen molar-refractivity contribution in [3.63, 3.8) is 0 Å². The van der Waals surface area contributed by atoms with Crippen molar-refractivity contribution >= 4 is 17.8 Å². The van der Waals surface area contributed by atoms with Crippen molar-refractivity contribution in [2.45, 2.75) is 6.92 Å². The Morgan fingerprint density at radius 3 is 2.33 bits per heavy atom. The molecule has 0 fully saturated rings. The van der Waals surface area contributed by atoms with Crippen molar-refractivity contribution in [3.05, 3.63) is 35.0 Å². The highest BCUT2D eigenvalue weighted by molar-refractivity contribution is 6.12. The number of halogens is 2. The van der Waals surface area contributed by atoms with E-state index in [2.05, 4.69) is 4.99 Å². The molecule has 0 aromatic heterocycles. The molecule has 0 unspecified atom stereocenters. The largest absolute Gasteiger partial charge is 0.503 e. The van der Waals surface area contributed by atoms with Crippen LogP contribution in [0.1, 0.15) is 12.5 Å². The van der Waals surface area contributed by atoms with E-state index in [1.807, 2.05) is 0 Å². The highest BCUT2D eigenvalue weighted by Crippen LogP contribution is 2.24. The highest BCUT2D eigenvalue weighted by atomic mass is 19.1. The van der Waals surface area contributed by atoms with Gasteiger partial charge in [-0.25, -0.2) is 13.8 Å². The summed E-state index contributed by atoms with van der Waals surface area (Å²) in [7, 11) is 0. The number of phenols is 1. The predicted molar refractivity (Wildman–Crippen MR) is 57.7 cm³/mol. The minimum absolute atomic E-state index is 0.0120. The summed E-state index contributed by atoms with van der Waals surface area (Å²) < 4.78 is 26.1. The first kappa shape index (κ1) is 12.2. The van der Waals surface area contributed by atoms with Crippen LogP contribution in [0.25, 0.3) is 6.08 Å². The molecule has 2 rings (SSSR count). The van der Waals surface area contributed by atoms with Crippen LogP contribution in [0.15, 0.2) is 22.8 Å². The van der Waals surface area contributed by atoms with Gasteiger partial charge in [-0.1, -0.05) is 0 Å². The van der Waals surface area contributed by atoms with Crippen LogP contribution in [0.3, 0.4) is 0 Å². The smallest absolute Gasteiger partial charge is 0.301 e. The molecule has 18 heavy (non-hydrogen) atoms. The molecule has 0 saturated heterocycles. The van der Waals surface area contributed by atoms with Gasteiger partial charge in [-0.15, -0.1) is 0 Å². The zero-order valence-electron chi connectivity index (χ0n) is 9.19. The number of rotatable bonds is 1. The maximum absolute atomic E-state index is 13.1. The van der Waals surface area contributed by atoms with Gasteiger partial charge in [0.1, 0.15) is 11.5 Å². The van der Waals surface area contributed by atoms with E-state index in [1.54, 1.807) is 0 Å². The first-order chi connectivity index (χ1) is 8.40. The number of hydroxylamine groups is 2. The summed E-state index contributed by atoms with van der Waals surface area (Å²) in [6, 6.07) is 1.70. The molecule has 0 spiro atoms. The van der Waals surface area contributed by atoms with E-state index in [9.17, 15) is 18.8 Å². The molecule has 94 valence electrons. The van der Waals surface area contributed by atoms with Crippen LogP contribution in [0.2, 0.25) is 0 Å². The fraction of sp³-hybridized carbons (Fsp3) is 0.0909. The van der Waals surface area contributed by atoms with Crippen molar-refractivity contribution < 1.29 is 23.9 Å². The second-order valence-electron chi connectivity index (χ2n) is 3.64. The van der Waals surface area contributed by atoms with E-state index in [-0.39, 0.29) is 17.1 Å². The second-order valence-corrected chi connectivity index (χ2v) is 3.64. The Labute approximate surface area is 100 Å². The summed E-state index contributed by atoms with van der Waals surface area (Å²) in [5.74, 6) is -4.10. The van der Waals surface area contributed by atoms with Crippen LogP contribution < -0.4 is 0 Å². The van der Waals surface area contributed by atoms with Gasteiger partial charge in [-0.2, -0.15) is 5.06 Å². The molecule has 0 aliphatic carbocycles. The van der Waals surface area contributed by atoms with Gasteiger partial charge in [0.05, 0.1) is 0 Å². The number of carbonyl (C=O) groups is 1. The standard InChI is InChI=1S/C11H8F2N2O3/c1-5-14-9(11(17)15(5)18)4-6-2-7(12)10(16)8(13)3-6/h2-4,16,18H,1H3. The third-order valence-corrected chi connectivity index (χ3v) is 2.34. The lowest BCUT2D eigenvalue weighted by Gasteiger charge is -2.03. The number of hydrogen-bond donors (Lipinski definition) is 2. The quantitative estimate of drug-likeness (QED) is 0.591. The van der Waals surface area contributed by atoms with E-state index in [4.69, 9.17) is 5.11 Å². The van der Waals surface area contributed by atoms with E-state index in [1.165, 1.54) is 6.92 Å². The molecular formula is C11H8F2N2O3. The number of hydrogen-bond acceptors (Lipinski definition) is 4. The number of aromatic hydroxyl groups is 1. The number of carbonyl (C=O) groups excluding carboxylic acids is 1. The van der Waals surface area contributed by atoms with Gasteiger partial charge in [-0.3, -0.25) is 10.0 Å². The summed E-state index contributed by atoms with van der Waals surface area (Å²) in [5, 5.41) is 18.4. The Kier molecular flexibility index (Phi) is 2.84. The fourth-order valence-electron chi connectivity index (χ4n) is 1.45. The van der Waals surface area contributed by atoms with Crippen LogP contribution in [-0.4, -0.2) is 27.1 Å². The summed E-state index contributed by atoms with van der Waals surface area (Å²) in [5.41, 5.74) is -0.141. The Bertz CT molecular complexity index is 573. The van der Waals surface area contributed by atoms with Crippen molar-refractivity contribution in [2.75, 3.05) is 0 Å². The van der Waals surface area contributed by atoms with Gasteiger partial charge in [0.2, 0.25) is 0 Å². The van der Waals surface area contributed by atoms with Gasteiger partial charge in [0, 0.05) is 0 Å². The number of amidine groups is 1. The number of aliphatic imine (C=N–C) groups is 1. The van der Waals surface area contributed by atoms with E-state index < -0.39 is 23.3 Å². The second kappa shape index (κ2) is 4.19. The molecule has 5 nitrogen and oxygen atoms in total. The molecule has 0 bridgehead atoms. The maximum atomic E-state index is 13.1. The van der Waals surface area contributed by atoms with Crippen molar-refractivity contribution in [3.8, 4) is 5.75 Å². The summed E-state index contributed by atoms with van der Waals surface area (Å²) in [6.07, 6.45) is 1.10.